The van der Waals surface area contributed by atoms with Crippen molar-refractivity contribution in [3.63, 3.8) is 0 Å². The first-order valence-electron chi connectivity index (χ1n) is 9.43. The highest BCUT2D eigenvalue weighted by Crippen LogP contribution is 2.26. The van der Waals surface area contributed by atoms with Crippen LogP contribution in [0.1, 0.15) is 38.1 Å². The highest BCUT2D eigenvalue weighted by molar-refractivity contribution is 7.92. The van der Waals surface area contributed by atoms with Crippen LogP contribution < -0.4 is 5.56 Å². The molecule has 2 aromatic rings. The third-order valence-corrected chi connectivity index (χ3v) is 7.88. The summed E-state index contributed by atoms with van der Waals surface area (Å²) in [5.74, 6) is -0.157. The number of nitrogens with zero attached hydrogens (tertiary/aromatic N) is 3. The number of amides is 1. The van der Waals surface area contributed by atoms with Gasteiger partial charge < -0.3 is 4.90 Å². The van der Waals surface area contributed by atoms with Crippen LogP contribution >= 0.6 is 0 Å². The average Bonchev–Trinajstić information content (AvgIpc) is 2.68. The number of fused-ring (bicyclic) bond motifs is 1. The molecule has 7 nitrogen and oxygen atoms in total. The van der Waals surface area contributed by atoms with Crippen molar-refractivity contribution < 1.29 is 13.2 Å². The van der Waals surface area contributed by atoms with Crippen LogP contribution in [0, 0.1) is 0 Å². The van der Waals surface area contributed by atoms with Crippen LogP contribution in [0.25, 0.3) is 10.9 Å². The fourth-order valence-corrected chi connectivity index (χ4v) is 6.02. The van der Waals surface area contributed by atoms with Gasteiger partial charge in [-0.05, 0) is 37.8 Å². The second-order valence-corrected chi connectivity index (χ2v) is 9.69. The monoisotopic (exact) mass is 389 g/mol. The van der Waals surface area contributed by atoms with E-state index in [4.69, 9.17) is 0 Å². The number of benzene rings is 1. The number of carbonyl (C=O) groups is 1. The fourth-order valence-electron chi connectivity index (χ4n) is 4.14. The second kappa shape index (κ2) is 7.07. The summed E-state index contributed by atoms with van der Waals surface area (Å²) in [5.41, 5.74) is 0.606. The Morgan fingerprint density at radius 2 is 1.81 bits per heavy atom. The van der Waals surface area contributed by atoms with Gasteiger partial charge in [-0.1, -0.05) is 18.6 Å². The van der Waals surface area contributed by atoms with Crippen molar-refractivity contribution in [3.8, 4) is 0 Å². The molecule has 1 unspecified atom stereocenters. The number of hydrogen-bond donors (Lipinski definition) is 0. The van der Waals surface area contributed by atoms with Gasteiger partial charge in [-0.3, -0.25) is 14.2 Å². The molecule has 0 aliphatic carbocycles. The molecule has 2 saturated heterocycles. The number of sulfone groups is 1. The van der Waals surface area contributed by atoms with E-state index in [9.17, 15) is 18.0 Å². The predicted molar refractivity (Wildman–Crippen MR) is 102 cm³/mol. The van der Waals surface area contributed by atoms with Crippen molar-refractivity contribution in [1.29, 1.82) is 0 Å². The van der Waals surface area contributed by atoms with Crippen LogP contribution in [-0.4, -0.2) is 52.9 Å². The van der Waals surface area contributed by atoms with Crippen molar-refractivity contribution in [2.45, 2.75) is 43.4 Å². The molecule has 144 valence electrons. The molecule has 1 atom stereocenters. The lowest BCUT2D eigenvalue weighted by Gasteiger charge is -2.35. The molecular weight excluding hydrogens is 366 g/mol. The normalized spacial score (nSPS) is 23.4. The first kappa shape index (κ1) is 18.2. The Bertz CT molecular complexity index is 1020. The van der Waals surface area contributed by atoms with Crippen molar-refractivity contribution in [3.05, 3.63) is 40.9 Å². The number of piperidine rings is 1. The van der Waals surface area contributed by atoms with Gasteiger partial charge in [0.05, 0.1) is 23.0 Å². The number of carbonyl (C=O) groups excluding carboxylic acids is 1. The third-order valence-electron chi connectivity index (χ3n) is 5.71. The number of para-hydroxylation sites is 1. The van der Waals surface area contributed by atoms with Crippen molar-refractivity contribution in [2.75, 3.05) is 18.8 Å². The quantitative estimate of drug-likeness (QED) is 0.777. The van der Waals surface area contributed by atoms with Gasteiger partial charge in [0.25, 0.3) is 5.56 Å². The van der Waals surface area contributed by atoms with Crippen LogP contribution in [-0.2, 0) is 14.6 Å². The summed E-state index contributed by atoms with van der Waals surface area (Å²) in [6.07, 6.45) is 4.68. The Balaban J connectivity index is 1.49. The number of hydrogen-bond acceptors (Lipinski definition) is 5. The van der Waals surface area contributed by atoms with Gasteiger partial charge in [-0.15, -0.1) is 0 Å². The van der Waals surface area contributed by atoms with E-state index >= 15 is 0 Å². The molecule has 0 N–H and O–H groups in total. The van der Waals surface area contributed by atoms with E-state index in [1.54, 1.807) is 21.9 Å². The van der Waals surface area contributed by atoms with Gasteiger partial charge in [-0.25, -0.2) is 13.4 Å². The molecule has 1 amide bonds. The van der Waals surface area contributed by atoms with E-state index in [-0.39, 0.29) is 23.3 Å². The highest BCUT2D eigenvalue weighted by Gasteiger charge is 2.38. The molecule has 4 rings (SSSR count). The SMILES string of the molecule is O=C(C1CCCCS1(=O)=O)N1CCC(n2cnc3ccccc3c2=O)CC1. The van der Waals surface area contributed by atoms with Gasteiger partial charge in [0.15, 0.2) is 9.84 Å². The molecule has 0 spiro atoms. The van der Waals surface area contributed by atoms with Crippen LogP contribution in [0.15, 0.2) is 35.4 Å². The Morgan fingerprint density at radius 3 is 2.56 bits per heavy atom. The molecule has 0 saturated carbocycles. The zero-order valence-corrected chi connectivity index (χ0v) is 15.9. The summed E-state index contributed by atoms with van der Waals surface area (Å²) < 4.78 is 26.1. The Labute approximate surface area is 157 Å². The first-order chi connectivity index (χ1) is 13.0. The molecule has 2 aliphatic heterocycles. The summed E-state index contributed by atoms with van der Waals surface area (Å²) in [6, 6.07) is 7.23. The lowest BCUT2D eigenvalue weighted by atomic mass is 10.0. The maximum absolute atomic E-state index is 12.7. The molecule has 0 bridgehead atoms. The Hall–Kier alpha value is -2.22. The number of likely N-dealkylation sites (tertiary alicyclic amines) is 1. The molecular formula is C19H23N3O4S. The Kier molecular flexibility index (Phi) is 4.75. The molecule has 2 aliphatic rings. The zero-order chi connectivity index (χ0) is 19.0. The lowest BCUT2D eigenvalue weighted by Crippen LogP contribution is -2.48. The van der Waals surface area contributed by atoms with Gasteiger partial charge in [0.1, 0.15) is 5.25 Å². The van der Waals surface area contributed by atoms with Crippen LogP contribution in [0.4, 0.5) is 0 Å². The summed E-state index contributed by atoms with van der Waals surface area (Å²) in [6.45, 7) is 0.934. The second-order valence-electron chi connectivity index (χ2n) is 7.38. The summed E-state index contributed by atoms with van der Waals surface area (Å²) in [5, 5.41) is -0.292. The molecule has 8 heteroatoms. The zero-order valence-electron chi connectivity index (χ0n) is 15.1. The maximum Gasteiger partial charge on any atom is 0.261 e. The van der Waals surface area contributed by atoms with Crippen LogP contribution in [0.3, 0.4) is 0 Å². The number of aromatic nitrogens is 2. The standard InChI is InChI=1S/C19H23N3O4S/c23-18-15-5-1-2-6-16(15)20-13-22(18)14-8-10-21(11-9-14)19(24)17-7-3-4-12-27(17,25)26/h1-2,5-6,13-14,17H,3-4,7-12H2. The van der Waals surface area contributed by atoms with E-state index in [0.29, 0.717) is 49.7 Å². The molecule has 3 heterocycles. The maximum atomic E-state index is 12.7. The minimum atomic E-state index is -3.33. The fraction of sp³-hybridized carbons (Fsp3) is 0.526. The molecule has 27 heavy (non-hydrogen) atoms. The van der Waals surface area contributed by atoms with Crippen LogP contribution in [0.2, 0.25) is 0 Å². The minimum absolute atomic E-state index is 0.0263. The average molecular weight is 389 g/mol. The van der Waals surface area contributed by atoms with Gasteiger partial charge in [0, 0.05) is 19.1 Å². The van der Waals surface area contributed by atoms with Crippen molar-refractivity contribution in [1.82, 2.24) is 14.5 Å². The molecule has 1 aromatic carbocycles. The van der Waals surface area contributed by atoms with E-state index in [1.165, 1.54) is 0 Å². The Morgan fingerprint density at radius 1 is 1.07 bits per heavy atom. The first-order valence-corrected chi connectivity index (χ1v) is 11.2. The summed E-state index contributed by atoms with van der Waals surface area (Å²) in [7, 11) is -3.33. The van der Waals surface area contributed by atoms with Crippen molar-refractivity contribution >= 4 is 26.6 Å². The van der Waals surface area contributed by atoms with Gasteiger partial charge in [-0.2, -0.15) is 0 Å². The third kappa shape index (κ3) is 3.38. The predicted octanol–water partition coefficient (Wildman–Crippen LogP) is 1.53. The largest absolute Gasteiger partial charge is 0.341 e. The lowest BCUT2D eigenvalue weighted by molar-refractivity contribution is -0.132. The van der Waals surface area contributed by atoms with E-state index in [0.717, 1.165) is 6.42 Å². The minimum Gasteiger partial charge on any atom is -0.341 e. The topological polar surface area (TPSA) is 89.3 Å². The summed E-state index contributed by atoms with van der Waals surface area (Å²) in [4.78, 5) is 31.5. The van der Waals surface area contributed by atoms with Gasteiger partial charge >= 0.3 is 0 Å². The highest BCUT2D eigenvalue weighted by atomic mass is 32.2. The molecule has 1 aromatic heterocycles. The van der Waals surface area contributed by atoms with E-state index < -0.39 is 15.1 Å². The van der Waals surface area contributed by atoms with E-state index in [2.05, 4.69) is 4.98 Å². The smallest absolute Gasteiger partial charge is 0.261 e. The van der Waals surface area contributed by atoms with Gasteiger partial charge in [0.2, 0.25) is 5.91 Å². The molecule has 0 radical (unpaired) electrons. The van der Waals surface area contributed by atoms with E-state index in [1.807, 2.05) is 18.2 Å². The van der Waals surface area contributed by atoms with Crippen molar-refractivity contribution in [2.24, 2.45) is 0 Å². The summed E-state index contributed by atoms with van der Waals surface area (Å²) >= 11 is 0. The number of rotatable bonds is 2. The van der Waals surface area contributed by atoms with Crippen LogP contribution in [0.5, 0.6) is 0 Å². The molecule has 2 fully saturated rings.